The molecule has 0 unspecified atom stereocenters. The van der Waals surface area contributed by atoms with Crippen molar-refractivity contribution in [3.63, 3.8) is 0 Å². The minimum Gasteiger partial charge on any atom is -0.463 e. The number of hydrogen-bond donors (Lipinski definition) is 1. The Labute approximate surface area is 120 Å². The summed E-state index contributed by atoms with van der Waals surface area (Å²) in [5, 5.41) is 3.12. The summed E-state index contributed by atoms with van der Waals surface area (Å²) in [6.07, 6.45) is 0. The van der Waals surface area contributed by atoms with Crippen molar-refractivity contribution in [1.82, 2.24) is 15.2 Å². The molecule has 0 fully saturated rings. The molecule has 108 valence electrons. The predicted octanol–water partition coefficient (Wildman–Crippen LogP) is 2.64. The Bertz CT molecular complexity index is 563. The van der Waals surface area contributed by atoms with E-state index in [0.717, 1.165) is 42.5 Å². The maximum Gasteiger partial charge on any atom is 0.120 e. The Hall–Kier alpha value is -1.65. The van der Waals surface area contributed by atoms with Crippen LogP contribution in [-0.2, 0) is 19.6 Å². The Kier molecular flexibility index (Phi) is 4.93. The second-order valence-corrected chi connectivity index (χ2v) is 5.29. The number of rotatable bonds is 6. The average Bonchev–Trinajstić information content (AvgIpc) is 2.70. The standard InChI is InChI=1S/C16H23N3O/c1-12-8-15(20-16(12)9-17-3)11-19(4)10-14-7-5-6-13(2)18-14/h5-8,17H,9-11H2,1-4H3. The van der Waals surface area contributed by atoms with E-state index in [1.807, 2.05) is 26.1 Å². The number of aryl methyl sites for hydroxylation is 2. The molecule has 4 nitrogen and oxygen atoms in total. The predicted molar refractivity (Wildman–Crippen MR) is 80.4 cm³/mol. The minimum atomic E-state index is 0.773. The lowest BCUT2D eigenvalue weighted by Gasteiger charge is -2.14. The Morgan fingerprint density at radius 1 is 1.25 bits per heavy atom. The first-order chi connectivity index (χ1) is 9.58. The van der Waals surface area contributed by atoms with Gasteiger partial charge in [0.05, 0.1) is 18.8 Å². The first-order valence-electron chi connectivity index (χ1n) is 6.92. The molecule has 0 aromatic carbocycles. The van der Waals surface area contributed by atoms with E-state index >= 15 is 0 Å². The van der Waals surface area contributed by atoms with Crippen molar-refractivity contribution in [3.05, 3.63) is 52.7 Å². The van der Waals surface area contributed by atoms with E-state index in [-0.39, 0.29) is 0 Å². The summed E-state index contributed by atoms with van der Waals surface area (Å²) in [5.41, 5.74) is 3.35. The molecule has 0 aliphatic heterocycles. The third-order valence-corrected chi connectivity index (χ3v) is 3.21. The van der Waals surface area contributed by atoms with Crippen molar-refractivity contribution in [2.75, 3.05) is 14.1 Å². The zero-order valence-corrected chi connectivity index (χ0v) is 12.7. The van der Waals surface area contributed by atoms with E-state index in [2.05, 4.69) is 41.3 Å². The number of aromatic nitrogens is 1. The third-order valence-electron chi connectivity index (χ3n) is 3.21. The van der Waals surface area contributed by atoms with E-state index in [1.54, 1.807) is 0 Å². The van der Waals surface area contributed by atoms with Crippen LogP contribution in [0.25, 0.3) is 0 Å². The SMILES string of the molecule is CNCc1oc(CN(C)Cc2cccc(C)n2)cc1C. The first kappa shape index (κ1) is 14.8. The Morgan fingerprint density at radius 3 is 2.75 bits per heavy atom. The van der Waals surface area contributed by atoms with E-state index in [0.29, 0.717) is 0 Å². The monoisotopic (exact) mass is 273 g/mol. The van der Waals surface area contributed by atoms with Crippen molar-refractivity contribution in [1.29, 1.82) is 0 Å². The van der Waals surface area contributed by atoms with Crippen LogP contribution < -0.4 is 5.32 Å². The van der Waals surface area contributed by atoms with Gasteiger partial charge in [0.25, 0.3) is 0 Å². The van der Waals surface area contributed by atoms with Crippen molar-refractivity contribution in [2.45, 2.75) is 33.5 Å². The van der Waals surface area contributed by atoms with Gasteiger partial charge < -0.3 is 9.73 Å². The van der Waals surface area contributed by atoms with Gasteiger partial charge in [-0.15, -0.1) is 0 Å². The molecule has 0 saturated heterocycles. The largest absolute Gasteiger partial charge is 0.463 e. The average molecular weight is 273 g/mol. The summed E-state index contributed by atoms with van der Waals surface area (Å²) in [6, 6.07) is 8.24. The quantitative estimate of drug-likeness (QED) is 0.878. The van der Waals surface area contributed by atoms with Gasteiger partial charge in [-0.05, 0) is 51.7 Å². The van der Waals surface area contributed by atoms with Gasteiger partial charge in [0.15, 0.2) is 0 Å². The lowest BCUT2D eigenvalue weighted by atomic mass is 10.2. The van der Waals surface area contributed by atoms with Crippen LogP contribution in [0.2, 0.25) is 0 Å². The fourth-order valence-electron chi connectivity index (χ4n) is 2.29. The number of pyridine rings is 1. The van der Waals surface area contributed by atoms with Gasteiger partial charge in [0, 0.05) is 12.2 Å². The summed E-state index contributed by atoms with van der Waals surface area (Å²) in [4.78, 5) is 6.74. The molecule has 0 bridgehead atoms. The van der Waals surface area contributed by atoms with Gasteiger partial charge in [-0.3, -0.25) is 9.88 Å². The summed E-state index contributed by atoms with van der Waals surface area (Å²) in [7, 11) is 4.01. The zero-order chi connectivity index (χ0) is 14.5. The third kappa shape index (κ3) is 3.92. The van der Waals surface area contributed by atoms with Crippen molar-refractivity contribution in [2.24, 2.45) is 0 Å². The van der Waals surface area contributed by atoms with Crippen LogP contribution in [0.4, 0.5) is 0 Å². The Morgan fingerprint density at radius 2 is 2.05 bits per heavy atom. The van der Waals surface area contributed by atoms with Crippen LogP contribution in [0, 0.1) is 13.8 Å². The van der Waals surface area contributed by atoms with Crippen molar-refractivity contribution < 1.29 is 4.42 Å². The first-order valence-corrected chi connectivity index (χ1v) is 6.92. The molecule has 0 aliphatic rings. The topological polar surface area (TPSA) is 41.3 Å². The van der Waals surface area contributed by atoms with Crippen LogP contribution in [0.5, 0.6) is 0 Å². The van der Waals surface area contributed by atoms with Crippen molar-refractivity contribution >= 4 is 0 Å². The molecule has 1 N–H and O–H groups in total. The summed E-state index contributed by atoms with van der Waals surface area (Å²) in [5.74, 6) is 2.02. The summed E-state index contributed by atoms with van der Waals surface area (Å²) >= 11 is 0. The molecule has 2 aromatic heterocycles. The molecule has 2 rings (SSSR count). The second kappa shape index (κ2) is 6.68. The fourth-order valence-corrected chi connectivity index (χ4v) is 2.29. The smallest absolute Gasteiger partial charge is 0.120 e. The second-order valence-electron chi connectivity index (χ2n) is 5.29. The lowest BCUT2D eigenvalue weighted by molar-refractivity contribution is 0.280. The molecular weight excluding hydrogens is 250 g/mol. The fraction of sp³-hybridized carbons (Fsp3) is 0.438. The molecule has 4 heteroatoms. The van der Waals surface area contributed by atoms with Gasteiger partial charge in [-0.2, -0.15) is 0 Å². The van der Waals surface area contributed by atoms with Gasteiger partial charge in [0.2, 0.25) is 0 Å². The highest BCUT2D eigenvalue weighted by atomic mass is 16.3. The highest BCUT2D eigenvalue weighted by molar-refractivity contribution is 5.20. The highest BCUT2D eigenvalue weighted by Crippen LogP contribution is 2.16. The Balaban J connectivity index is 1.97. The minimum absolute atomic E-state index is 0.773. The molecule has 0 atom stereocenters. The highest BCUT2D eigenvalue weighted by Gasteiger charge is 2.10. The van der Waals surface area contributed by atoms with Crippen LogP contribution >= 0.6 is 0 Å². The van der Waals surface area contributed by atoms with E-state index in [4.69, 9.17) is 4.42 Å². The molecule has 0 radical (unpaired) electrons. The maximum absolute atomic E-state index is 5.86. The van der Waals surface area contributed by atoms with Gasteiger partial charge in [-0.1, -0.05) is 6.07 Å². The van der Waals surface area contributed by atoms with Gasteiger partial charge >= 0.3 is 0 Å². The number of furan rings is 1. The van der Waals surface area contributed by atoms with E-state index in [9.17, 15) is 0 Å². The molecular formula is C16H23N3O. The molecule has 2 heterocycles. The maximum atomic E-state index is 5.86. The lowest BCUT2D eigenvalue weighted by Crippen LogP contribution is -2.17. The van der Waals surface area contributed by atoms with Crippen LogP contribution in [0.15, 0.2) is 28.7 Å². The number of nitrogens with one attached hydrogen (secondary N) is 1. The number of nitrogens with zero attached hydrogens (tertiary/aromatic N) is 2. The van der Waals surface area contributed by atoms with Gasteiger partial charge in [-0.25, -0.2) is 0 Å². The molecule has 0 spiro atoms. The molecule has 20 heavy (non-hydrogen) atoms. The van der Waals surface area contributed by atoms with E-state index in [1.165, 1.54) is 5.56 Å². The van der Waals surface area contributed by atoms with Crippen LogP contribution in [0.3, 0.4) is 0 Å². The number of hydrogen-bond acceptors (Lipinski definition) is 4. The van der Waals surface area contributed by atoms with E-state index < -0.39 is 0 Å². The molecule has 0 amide bonds. The molecule has 0 aliphatic carbocycles. The normalized spacial score (nSPS) is 11.2. The van der Waals surface area contributed by atoms with Crippen LogP contribution in [0.1, 0.15) is 28.5 Å². The van der Waals surface area contributed by atoms with Crippen molar-refractivity contribution in [3.8, 4) is 0 Å². The summed E-state index contributed by atoms with van der Waals surface area (Å²) in [6.45, 7) is 6.49. The molecule has 0 saturated carbocycles. The zero-order valence-electron chi connectivity index (χ0n) is 12.7. The van der Waals surface area contributed by atoms with Crippen LogP contribution in [-0.4, -0.2) is 24.0 Å². The van der Waals surface area contributed by atoms with Gasteiger partial charge in [0.1, 0.15) is 11.5 Å². The summed E-state index contributed by atoms with van der Waals surface area (Å²) < 4.78 is 5.86. The molecule has 2 aromatic rings.